The molecule has 0 unspecified atom stereocenters. The third-order valence-electron chi connectivity index (χ3n) is 2.29. The van der Waals surface area contributed by atoms with E-state index in [4.69, 9.17) is 5.11 Å². The van der Waals surface area contributed by atoms with Crippen LogP contribution in [0.1, 0.15) is 10.6 Å². The van der Waals surface area contributed by atoms with Crippen molar-refractivity contribution in [3.8, 4) is 0 Å². The van der Waals surface area contributed by atoms with Gasteiger partial charge in [0.1, 0.15) is 6.54 Å². The molecule has 0 aliphatic heterocycles. The van der Waals surface area contributed by atoms with Crippen LogP contribution in [0.25, 0.3) is 11.0 Å². The van der Waals surface area contributed by atoms with Crippen molar-refractivity contribution in [2.75, 3.05) is 6.54 Å². The Labute approximate surface area is 105 Å². The first kappa shape index (κ1) is 12.5. The molecule has 0 atom stereocenters. The van der Waals surface area contributed by atoms with Gasteiger partial charge in [-0.25, -0.2) is 4.98 Å². The summed E-state index contributed by atoms with van der Waals surface area (Å²) in [5, 5.41) is 21.1. The number of carboxylic acid groups (broad SMARTS) is 1. The molecule has 3 N–H and O–H groups in total. The van der Waals surface area contributed by atoms with Gasteiger partial charge in [-0.15, -0.1) is 0 Å². The minimum Gasteiger partial charge on any atom is -0.480 e. The molecule has 1 aromatic heterocycles. The lowest BCUT2D eigenvalue weighted by atomic mass is 10.3. The summed E-state index contributed by atoms with van der Waals surface area (Å²) in [5.74, 6) is -1.97. The highest BCUT2D eigenvalue weighted by molar-refractivity contribution is 5.95. The number of nitro benzene ring substituents is 1. The third kappa shape index (κ3) is 2.65. The number of carbonyl (C=O) groups is 2. The predicted molar refractivity (Wildman–Crippen MR) is 62.7 cm³/mol. The summed E-state index contributed by atoms with van der Waals surface area (Å²) >= 11 is 0. The number of imidazole rings is 1. The number of nitrogens with zero attached hydrogens (tertiary/aromatic N) is 2. The Morgan fingerprint density at radius 2 is 2.21 bits per heavy atom. The highest BCUT2D eigenvalue weighted by atomic mass is 16.6. The minimum atomic E-state index is -1.18. The Bertz CT molecular complexity index is 678. The summed E-state index contributed by atoms with van der Waals surface area (Å²) in [4.78, 5) is 38.4. The predicted octanol–water partition coefficient (Wildman–Crippen LogP) is 0.285. The first-order chi connectivity index (χ1) is 8.97. The van der Waals surface area contributed by atoms with Crippen LogP contribution in [-0.4, -0.2) is 38.4 Å². The monoisotopic (exact) mass is 264 g/mol. The van der Waals surface area contributed by atoms with E-state index in [1.807, 2.05) is 0 Å². The smallest absolute Gasteiger partial charge is 0.322 e. The number of hydrogen-bond donors (Lipinski definition) is 3. The number of nitro groups is 1. The lowest BCUT2D eigenvalue weighted by Crippen LogP contribution is -2.29. The number of carboxylic acids is 1. The van der Waals surface area contributed by atoms with Crippen molar-refractivity contribution in [3.05, 3.63) is 34.1 Å². The second-order valence-electron chi connectivity index (χ2n) is 3.62. The number of aromatic nitrogens is 2. The first-order valence-corrected chi connectivity index (χ1v) is 5.11. The van der Waals surface area contributed by atoms with Crippen molar-refractivity contribution in [1.29, 1.82) is 0 Å². The number of aliphatic carboxylic acids is 1. The minimum absolute atomic E-state index is 0.100. The van der Waals surface area contributed by atoms with Gasteiger partial charge < -0.3 is 15.4 Å². The van der Waals surface area contributed by atoms with Crippen molar-refractivity contribution < 1.29 is 19.6 Å². The van der Waals surface area contributed by atoms with Crippen molar-refractivity contribution in [2.24, 2.45) is 0 Å². The molecule has 9 nitrogen and oxygen atoms in total. The number of nitrogens with one attached hydrogen (secondary N) is 2. The fourth-order valence-electron chi connectivity index (χ4n) is 1.46. The number of non-ortho nitro benzene ring substituents is 1. The van der Waals surface area contributed by atoms with E-state index in [2.05, 4.69) is 15.3 Å². The van der Waals surface area contributed by atoms with E-state index in [9.17, 15) is 19.7 Å². The Hall–Kier alpha value is -2.97. The van der Waals surface area contributed by atoms with E-state index in [1.54, 1.807) is 0 Å². The quantitative estimate of drug-likeness (QED) is 0.535. The summed E-state index contributed by atoms with van der Waals surface area (Å²) < 4.78 is 0. The van der Waals surface area contributed by atoms with Gasteiger partial charge in [0.15, 0.2) is 5.82 Å². The van der Waals surface area contributed by atoms with Crippen LogP contribution in [0.2, 0.25) is 0 Å². The topological polar surface area (TPSA) is 138 Å². The van der Waals surface area contributed by atoms with Crippen LogP contribution in [-0.2, 0) is 4.79 Å². The average Bonchev–Trinajstić information content (AvgIpc) is 2.78. The molecule has 1 heterocycles. The maximum atomic E-state index is 11.5. The molecule has 0 bridgehead atoms. The average molecular weight is 264 g/mol. The largest absolute Gasteiger partial charge is 0.480 e. The molecule has 0 saturated heterocycles. The van der Waals surface area contributed by atoms with Gasteiger partial charge in [0, 0.05) is 12.1 Å². The second-order valence-corrected chi connectivity index (χ2v) is 3.62. The van der Waals surface area contributed by atoms with Gasteiger partial charge in [-0.3, -0.25) is 19.7 Å². The van der Waals surface area contributed by atoms with Crippen LogP contribution in [0.4, 0.5) is 5.69 Å². The first-order valence-electron chi connectivity index (χ1n) is 5.11. The van der Waals surface area contributed by atoms with Crippen LogP contribution < -0.4 is 5.32 Å². The number of hydrogen-bond acceptors (Lipinski definition) is 5. The van der Waals surface area contributed by atoms with E-state index in [0.29, 0.717) is 11.0 Å². The molecule has 2 aromatic rings. The number of aromatic amines is 1. The number of H-pyrrole nitrogens is 1. The summed E-state index contributed by atoms with van der Waals surface area (Å²) in [5.41, 5.74) is 0.578. The van der Waals surface area contributed by atoms with Gasteiger partial charge in [0.2, 0.25) is 0 Å². The van der Waals surface area contributed by atoms with Gasteiger partial charge in [-0.05, 0) is 6.07 Å². The highest BCUT2D eigenvalue weighted by Gasteiger charge is 2.14. The Balaban J connectivity index is 2.28. The standard InChI is InChI=1S/C10H8N4O5/c15-8(16)4-11-10(17)9-12-6-2-1-5(14(18)19)3-7(6)13-9/h1-3H,4H2,(H,11,17)(H,12,13)(H,15,16). The molecule has 2 rings (SSSR count). The highest BCUT2D eigenvalue weighted by Crippen LogP contribution is 2.18. The maximum absolute atomic E-state index is 11.5. The normalized spacial score (nSPS) is 10.3. The summed E-state index contributed by atoms with van der Waals surface area (Å²) in [6.07, 6.45) is 0. The fraction of sp³-hybridized carbons (Fsp3) is 0.100. The molecule has 1 aromatic carbocycles. The second kappa shape index (κ2) is 4.72. The summed E-state index contributed by atoms with van der Waals surface area (Å²) in [6.45, 7) is -0.532. The zero-order chi connectivity index (χ0) is 14.0. The molecular weight excluding hydrogens is 256 g/mol. The zero-order valence-electron chi connectivity index (χ0n) is 9.41. The van der Waals surface area contributed by atoms with Crippen LogP contribution in [0, 0.1) is 10.1 Å². The molecule has 0 aliphatic carbocycles. The van der Waals surface area contributed by atoms with Crippen LogP contribution in [0.3, 0.4) is 0 Å². The van der Waals surface area contributed by atoms with Gasteiger partial charge >= 0.3 is 5.97 Å². The lowest BCUT2D eigenvalue weighted by molar-refractivity contribution is -0.384. The van der Waals surface area contributed by atoms with Crippen molar-refractivity contribution in [1.82, 2.24) is 15.3 Å². The maximum Gasteiger partial charge on any atom is 0.322 e. The molecule has 0 saturated carbocycles. The van der Waals surface area contributed by atoms with E-state index in [1.165, 1.54) is 18.2 Å². The van der Waals surface area contributed by atoms with Gasteiger partial charge in [-0.2, -0.15) is 0 Å². The Morgan fingerprint density at radius 3 is 2.84 bits per heavy atom. The molecule has 0 radical (unpaired) electrons. The number of carbonyl (C=O) groups excluding carboxylic acids is 1. The Kier molecular flexibility index (Phi) is 3.10. The van der Waals surface area contributed by atoms with E-state index in [0.717, 1.165) is 0 Å². The summed E-state index contributed by atoms with van der Waals surface area (Å²) in [7, 11) is 0. The van der Waals surface area contributed by atoms with Crippen molar-refractivity contribution >= 4 is 28.6 Å². The fourth-order valence-corrected chi connectivity index (χ4v) is 1.46. The number of fused-ring (bicyclic) bond motifs is 1. The molecule has 1 amide bonds. The Morgan fingerprint density at radius 1 is 1.47 bits per heavy atom. The van der Waals surface area contributed by atoms with E-state index >= 15 is 0 Å². The number of rotatable bonds is 4. The molecule has 0 spiro atoms. The summed E-state index contributed by atoms with van der Waals surface area (Å²) in [6, 6.07) is 3.91. The van der Waals surface area contributed by atoms with Crippen molar-refractivity contribution in [3.63, 3.8) is 0 Å². The molecule has 0 aliphatic rings. The van der Waals surface area contributed by atoms with E-state index < -0.39 is 23.3 Å². The van der Waals surface area contributed by atoms with Gasteiger partial charge in [0.05, 0.1) is 16.0 Å². The SMILES string of the molecule is O=C(O)CNC(=O)c1nc2ccc([N+](=O)[O-])cc2[nH]1. The molecule has 9 heteroatoms. The van der Waals surface area contributed by atoms with E-state index in [-0.39, 0.29) is 11.5 Å². The zero-order valence-corrected chi connectivity index (χ0v) is 9.41. The molecular formula is C10H8N4O5. The van der Waals surface area contributed by atoms with Crippen molar-refractivity contribution in [2.45, 2.75) is 0 Å². The van der Waals surface area contributed by atoms with Crippen LogP contribution in [0.15, 0.2) is 18.2 Å². The lowest BCUT2D eigenvalue weighted by Gasteiger charge is -1.97. The van der Waals surface area contributed by atoms with Gasteiger partial charge in [-0.1, -0.05) is 0 Å². The molecule has 0 fully saturated rings. The molecule has 98 valence electrons. The number of benzene rings is 1. The van der Waals surface area contributed by atoms with Crippen LogP contribution >= 0.6 is 0 Å². The number of amides is 1. The molecule has 19 heavy (non-hydrogen) atoms. The third-order valence-corrected chi connectivity index (χ3v) is 2.29. The van der Waals surface area contributed by atoms with Gasteiger partial charge in [0.25, 0.3) is 11.6 Å². The van der Waals surface area contributed by atoms with Crippen LogP contribution in [0.5, 0.6) is 0 Å².